The van der Waals surface area contributed by atoms with E-state index in [1.54, 1.807) is 7.11 Å². The van der Waals surface area contributed by atoms with E-state index < -0.39 is 9.84 Å². The van der Waals surface area contributed by atoms with Crippen molar-refractivity contribution in [1.29, 1.82) is 0 Å². The molecule has 0 bridgehead atoms. The number of ether oxygens (including phenoxy) is 1. The van der Waals surface area contributed by atoms with Crippen LogP contribution in [0.25, 0.3) is 0 Å². The molecule has 0 unspecified atom stereocenters. The molecule has 0 aromatic heterocycles. The highest BCUT2D eigenvalue weighted by Gasteiger charge is 1.99. The molecule has 0 fully saturated rings. The maximum absolute atomic E-state index is 10.7. The second-order valence-corrected chi connectivity index (χ2v) is 5.34. The topological polar surface area (TPSA) is 55.4 Å². The van der Waals surface area contributed by atoms with E-state index in [-0.39, 0.29) is 5.75 Å². The fourth-order valence-electron chi connectivity index (χ4n) is 0.926. The Labute approximate surface area is 80.6 Å². The van der Waals surface area contributed by atoms with Gasteiger partial charge in [-0.2, -0.15) is 0 Å². The molecule has 0 atom stereocenters. The molecule has 0 aromatic rings. The van der Waals surface area contributed by atoms with E-state index in [1.807, 2.05) is 0 Å². The Balaban J connectivity index is 3.09. The van der Waals surface area contributed by atoms with Crippen LogP contribution in [0.2, 0.25) is 0 Å². The van der Waals surface area contributed by atoms with E-state index in [9.17, 15) is 8.42 Å². The van der Waals surface area contributed by atoms with Crippen LogP contribution in [0.1, 0.15) is 12.8 Å². The van der Waals surface area contributed by atoms with Crippen molar-refractivity contribution in [3.05, 3.63) is 0 Å². The highest BCUT2D eigenvalue weighted by Crippen LogP contribution is 1.87. The van der Waals surface area contributed by atoms with Crippen LogP contribution in [0.4, 0.5) is 0 Å². The molecule has 4 nitrogen and oxygen atoms in total. The lowest BCUT2D eigenvalue weighted by molar-refractivity contribution is 0.194. The molecular weight excluding hydrogens is 190 g/mol. The van der Waals surface area contributed by atoms with Crippen molar-refractivity contribution in [2.45, 2.75) is 12.8 Å². The molecule has 0 saturated carbocycles. The summed E-state index contributed by atoms with van der Waals surface area (Å²) < 4.78 is 26.3. The predicted octanol–water partition coefficient (Wildman–Crippen LogP) is 0.0472. The molecule has 0 aliphatic heterocycles. The van der Waals surface area contributed by atoms with E-state index >= 15 is 0 Å². The normalized spacial score (nSPS) is 11.8. The Hall–Kier alpha value is -0.130. The third-order valence-electron chi connectivity index (χ3n) is 1.57. The van der Waals surface area contributed by atoms with Gasteiger partial charge in [0.2, 0.25) is 0 Å². The summed E-state index contributed by atoms with van der Waals surface area (Å²) in [4.78, 5) is 0. The molecule has 80 valence electrons. The van der Waals surface area contributed by atoms with E-state index in [0.717, 1.165) is 26.1 Å². The summed E-state index contributed by atoms with van der Waals surface area (Å²) >= 11 is 0. The molecule has 0 aromatic carbocycles. The van der Waals surface area contributed by atoms with Crippen molar-refractivity contribution in [3.63, 3.8) is 0 Å². The van der Waals surface area contributed by atoms with Gasteiger partial charge in [-0.15, -0.1) is 0 Å². The lowest BCUT2D eigenvalue weighted by Gasteiger charge is -2.03. The lowest BCUT2D eigenvalue weighted by atomic mass is 10.4. The molecule has 0 spiro atoms. The second kappa shape index (κ2) is 7.29. The summed E-state index contributed by atoms with van der Waals surface area (Å²) in [5.41, 5.74) is 0. The largest absolute Gasteiger partial charge is 0.385 e. The van der Waals surface area contributed by atoms with Crippen molar-refractivity contribution >= 4 is 9.84 Å². The van der Waals surface area contributed by atoms with Crippen LogP contribution < -0.4 is 5.32 Å². The van der Waals surface area contributed by atoms with Gasteiger partial charge < -0.3 is 10.1 Å². The summed E-state index contributed by atoms with van der Waals surface area (Å²) in [6.45, 7) is 2.40. The van der Waals surface area contributed by atoms with Gasteiger partial charge in [-0.1, -0.05) is 0 Å². The second-order valence-electron chi connectivity index (χ2n) is 3.08. The van der Waals surface area contributed by atoms with Crippen LogP contribution in [-0.2, 0) is 14.6 Å². The molecule has 0 saturated heterocycles. The standard InChI is InChI=1S/C8H19NO3S/c1-12-7-3-5-9-6-4-8-13(2,10)11/h9H,3-8H2,1-2H3. The lowest BCUT2D eigenvalue weighted by Crippen LogP contribution is -2.20. The highest BCUT2D eigenvalue weighted by molar-refractivity contribution is 7.90. The first-order chi connectivity index (χ1) is 6.06. The molecule has 13 heavy (non-hydrogen) atoms. The zero-order chi connectivity index (χ0) is 10.2. The first kappa shape index (κ1) is 12.9. The van der Waals surface area contributed by atoms with Gasteiger partial charge in [-0.05, 0) is 25.9 Å². The first-order valence-electron chi connectivity index (χ1n) is 4.43. The number of sulfone groups is 1. The molecule has 0 aliphatic rings. The third kappa shape index (κ3) is 11.9. The summed E-state index contributed by atoms with van der Waals surface area (Å²) in [5, 5.41) is 3.15. The van der Waals surface area contributed by atoms with Crippen molar-refractivity contribution < 1.29 is 13.2 Å². The van der Waals surface area contributed by atoms with E-state index in [2.05, 4.69) is 5.32 Å². The van der Waals surface area contributed by atoms with Gasteiger partial charge in [0.05, 0.1) is 5.75 Å². The maximum atomic E-state index is 10.7. The minimum Gasteiger partial charge on any atom is -0.385 e. The molecule has 0 radical (unpaired) electrons. The summed E-state index contributed by atoms with van der Waals surface area (Å²) in [6.07, 6.45) is 2.92. The van der Waals surface area contributed by atoms with Crippen LogP contribution >= 0.6 is 0 Å². The fourth-order valence-corrected chi connectivity index (χ4v) is 1.59. The molecule has 0 rings (SSSR count). The Morgan fingerprint density at radius 3 is 2.38 bits per heavy atom. The number of methoxy groups -OCH3 is 1. The summed E-state index contributed by atoms with van der Waals surface area (Å²) in [6, 6.07) is 0. The third-order valence-corrected chi connectivity index (χ3v) is 2.60. The number of hydrogen-bond donors (Lipinski definition) is 1. The van der Waals surface area contributed by atoms with Gasteiger partial charge >= 0.3 is 0 Å². The Morgan fingerprint density at radius 1 is 1.23 bits per heavy atom. The maximum Gasteiger partial charge on any atom is 0.147 e. The van der Waals surface area contributed by atoms with Gasteiger partial charge in [0.1, 0.15) is 9.84 Å². The van der Waals surface area contributed by atoms with Gasteiger partial charge in [-0.3, -0.25) is 0 Å². The Kier molecular flexibility index (Phi) is 7.22. The van der Waals surface area contributed by atoms with Crippen LogP contribution in [0.15, 0.2) is 0 Å². The van der Waals surface area contributed by atoms with Crippen LogP contribution in [0.3, 0.4) is 0 Å². The molecular formula is C8H19NO3S. The van der Waals surface area contributed by atoms with Gasteiger partial charge in [0, 0.05) is 20.0 Å². The molecule has 5 heteroatoms. The van der Waals surface area contributed by atoms with Crippen LogP contribution in [0, 0.1) is 0 Å². The van der Waals surface area contributed by atoms with E-state index in [1.165, 1.54) is 6.26 Å². The molecule has 0 amide bonds. The average molecular weight is 209 g/mol. The average Bonchev–Trinajstić information content (AvgIpc) is 2.01. The minimum atomic E-state index is -2.79. The Bertz CT molecular complexity index is 201. The monoisotopic (exact) mass is 209 g/mol. The van der Waals surface area contributed by atoms with Crippen molar-refractivity contribution in [2.24, 2.45) is 0 Å². The minimum absolute atomic E-state index is 0.268. The van der Waals surface area contributed by atoms with Gasteiger partial charge in [0.15, 0.2) is 0 Å². The smallest absolute Gasteiger partial charge is 0.147 e. The molecule has 1 N–H and O–H groups in total. The summed E-state index contributed by atoms with van der Waals surface area (Å²) in [5.74, 6) is 0.268. The fraction of sp³-hybridized carbons (Fsp3) is 1.00. The van der Waals surface area contributed by atoms with E-state index in [4.69, 9.17) is 4.74 Å². The zero-order valence-electron chi connectivity index (χ0n) is 8.38. The molecule has 0 heterocycles. The van der Waals surface area contributed by atoms with Gasteiger partial charge in [-0.25, -0.2) is 8.42 Å². The SMILES string of the molecule is COCCCNCCCS(C)(=O)=O. The number of rotatable bonds is 8. The number of nitrogens with one attached hydrogen (secondary N) is 1. The Morgan fingerprint density at radius 2 is 1.85 bits per heavy atom. The van der Waals surface area contributed by atoms with Crippen LogP contribution in [0.5, 0.6) is 0 Å². The zero-order valence-corrected chi connectivity index (χ0v) is 9.19. The van der Waals surface area contributed by atoms with Crippen molar-refractivity contribution in [3.8, 4) is 0 Å². The molecule has 0 aliphatic carbocycles. The van der Waals surface area contributed by atoms with Crippen molar-refractivity contribution in [1.82, 2.24) is 5.32 Å². The highest BCUT2D eigenvalue weighted by atomic mass is 32.2. The predicted molar refractivity (Wildman–Crippen MR) is 53.7 cm³/mol. The van der Waals surface area contributed by atoms with Crippen LogP contribution in [-0.4, -0.2) is 47.2 Å². The first-order valence-corrected chi connectivity index (χ1v) is 6.49. The summed E-state index contributed by atoms with van der Waals surface area (Å²) in [7, 11) is -1.12. The quantitative estimate of drug-likeness (QED) is 0.574. The number of hydrogen-bond acceptors (Lipinski definition) is 4. The van der Waals surface area contributed by atoms with Gasteiger partial charge in [0.25, 0.3) is 0 Å². The van der Waals surface area contributed by atoms with Crippen molar-refractivity contribution in [2.75, 3.05) is 38.8 Å². The van der Waals surface area contributed by atoms with E-state index in [0.29, 0.717) is 6.42 Å².